The third-order valence-corrected chi connectivity index (χ3v) is 7.00. The molecule has 2 aromatic carbocycles. The Balaban J connectivity index is 1.65. The Bertz CT molecular complexity index is 1150. The first-order chi connectivity index (χ1) is 13.4. The molecule has 0 radical (unpaired) electrons. The van der Waals surface area contributed by atoms with Crippen LogP contribution >= 0.6 is 22.9 Å². The molecule has 28 heavy (non-hydrogen) atoms. The number of nitrogens with zero attached hydrogens (tertiary/aromatic N) is 1. The summed E-state index contributed by atoms with van der Waals surface area (Å²) in [5.74, 6) is -1.46. The predicted molar refractivity (Wildman–Crippen MR) is 107 cm³/mol. The molecule has 0 atom stereocenters. The van der Waals surface area contributed by atoms with E-state index in [0.717, 1.165) is 16.0 Å². The van der Waals surface area contributed by atoms with Crippen LogP contribution in [0.5, 0.6) is 0 Å². The lowest BCUT2D eigenvalue weighted by Gasteiger charge is -2.19. The SMILES string of the molecule is O=C(Nc1ccc2c(c1)N(S(=O)(=O)c1ccsc1)NC2)c1c(F)cccc1Cl. The minimum atomic E-state index is -3.78. The highest BCUT2D eigenvalue weighted by molar-refractivity contribution is 7.92. The van der Waals surface area contributed by atoms with E-state index in [9.17, 15) is 17.6 Å². The van der Waals surface area contributed by atoms with Gasteiger partial charge >= 0.3 is 0 Å². The molecule has 2 N–H and O–H groups in total. The zero-order valence-corrected chi connectivity index (χ0v) is 16.5. The van der Waals surface area contributed by atoms with E-state index in [1.54, 1.807) is 22.9 Å². The molecule has 0 saturated heterocycles. The van der Waals surface area contributed by atoms with Crippen LogP contribution in [0.3, 0.4) is 0 Å². The summed E-state index contributed by atoms with van der Waals surface area (Å²) in [6.45, 7) is 0.325. The molecule has 0 bridgehead atoms. The van der Waals surface area contributed by atoms with Gasteiger partial charge in [-0.3, -0.25) is 4.79 Å². The minimum absolute atomic E-state index is 0.0120. The van der Waals surface area contributed by atoms with Gasteiger partial charge in [0.05, 0.1) is 21.2 Å². The molecule has 2 heterocycles. The van der Waals surface area contributed by atoms with E-state index in [1.807, 2.05) is 0 Å². The Morgan fingerprint density at radius 1 is 1.25 bits per heavy atom. The number of nitrogens with one attached hydrogen (secondary N) is 2. The van der Waals surface area contributed by atoms with Crippen LogP contribution in [0.2, 0.25) is 5.02 Å². The van der Waals surface area contributed by atoms with Crippen molar-refractivity contribution in [2.75, 3.05) is 9.73 Å². The van der Waals surface area contributed by atoms with Gasteiger partial charge in [0.15, 0.2) is 0 Å². The summed E-state index contributed by atoms with van der Waals surface area (Å²) in [5.41, 5.74) is 4.02. The number of hydrogen-bond acceptors (Lipinski definition) is 5. The van der Waals surface area contributed by atoms with E-state index >= 15 is 0 Å². The number of amides is 1. The molecule has 4 rings (SSSR count). The third-order valence-electron chi connectivity index (χ3n) is 4.20. The summed E-state index contributed by atoms with van der Waals surface area (Å²) >= 11 is 7.21. The van der Waals surface area contributed by atoms with Crippen LogP contribution in [0.25, 0.3) is 0 Å². The second-order valence-corrected chi connectivity index (χ2v) is 8.93. The minimum Gasteiger partial charge on any atom is -0.322 e. The molecule has 144 valence electrons. The summed E-state index contributed by atoms with van der Waals surface area (Å²) in [7, 11) is -3.78. The van der Waals surface area contributed by atoms with Crippen molar-refractivity contribution in [2.24, 2.45) is 0 Å². The molecule has 0 spiro atoms. The maximum Gasteiger partial charge on any atom is 0.278 e. The van der Waals surface area contributed by atoms with Gasteiger partial charge in [0, 0.05) is 17.6 Å². The van der Waals surface area contributed by atoms with Crippen molar-refractivity contribution in [3.63, 3.8) is 0 Å². The highest BCUT2D eigenvalue weighted by Gasteiger charge is 2.31. The van der Waals surface area contributed by atoms with Crippen molar-refractivity contribution in [3.05, 3.63) is 75.2 Å². The standard InChI is InChI=1S/C18H13ClFN3O3S2/c19-14-2-1-3-15(20)17(14)18(24)22-12-5-4-11-9-21-23(16(11)8-12)28(25,26)13-6-7-27-10-13/h1-8,10,21H,9H2,(H,22,24). The fourth-order valence-electron chi connectivity index (χ4n) is 2.85. The van der Waals surface area contributed by atoms with E-state index in [1.165, 1.54) is 35.6 Å². The van der Waals surface area contributed by atoms with Gasteiger partial charge < -0.3 is 5.32 Å². The van der Waals surface area contributed by atoms with Crippen LogP contribution in [0, 0.1) is 5.82 Å². The quantitative estimate of drug-likeness (QED) is 0.646. The summed E-state index contributed by atoms with van der Waals surface area (Å²) in [6, 6.07) is 10.3. The Labute approximate surface area is 169 Å². The first-order valence-corrected chi connectivity index (χ1v) is 10.8. The first-order valence-electron chi connectivity index (χ1n) is 8.07. The van der Waals surface area contributed by atoms with Crippen molar-refractivity contribution in [1.82, 2.24) is 5.43 Å². The third kappa shape index (κ3) is 3.26. The topological polar surface area (TPSA) is 78.5 Å². The molecular weight excluding hydrogens is 425 g/mol. The second-order valence-electron chi connectivity index (χ2n) is 5.96. The van der Waals surface area contributed by atoms with Crippen LogP contribution in [-0.2, 0) is 16.6 Å². The van der Waals surface area contributed by atoms with Gasteiger partial charge in [-0.05, 0) is 41.3 Å². The lowest BCUT2D eigenvalue weighted by atomic mass is 10.1. The van der Waals surface area contributed by atoms with Crippen molar-refractivity contribution in [2.45, 2.75) is 11.4 Å². The van der Waals surface area contributed by atoms with Crippen LogP contribution in [0.15, 0.2) is 58.1 Å². The maximum absolute atomic E-state index is 14.0. The number of hydrogen-bond donors (Lipinski definition) is 2. The molecule has 1 aromatic heterocycles. The average molecular weight is 438 g/mol. The van der Waals surface area contributed by atoms with E-state index in [2.05, 4.69) is 10.7 Å². The molecule has 1 aliphatic heterocycles. The van der Waals surface area contributed by atoms with Crippen molar-refractivity contribution in [1.29, 1.82) is 0 Å². The summed E-state index contributed by atoms with van der Waals surface area (Å²) in [6.07, 6.45) is 0. The number of thiophene rings is 1. The number of fused-ring (bicyclic) bond motifs is 1. The van der Waals surface area contributed by atoms with Gasteiger partial charge in [0.25, 0.3) is 15.9 Å². The highest BCUT2D eigenvalue weighted by Crippen LogP contribution is 2.33. The van der Waals surface area contributed by atoms with E-state index < -0.39 is 21.7 Å². The molecular formula is C18H13ClFN3O3S2. The van der Waals surface area contributed by atoms with Crippen LogP contribution in [0.1, 0.15) is 15.9 Å². The largest absolute Gasteiger partial charge is 0.322 e. The van der Waals surface area contributed by atoms with Crippen molar-refractivity contribution >= 4 is 50.2 Å². The van der Waals surface area contributed by atoms with Crippen molar-refractivity contribution < 1.29 is 17.6 Å². The Hall–Kier alpha value is -2.46. The molecule has 0 aliphatic carbocycles. The van der Waals surface area contributed by atoms with Gasteiger partial charge in [0.1, 0.15) is 5.82 Å². The summed E-state index contributed by atoms with van der Waals surface area (Å²) < 4.78 is 40.7. The lowest BCUT2D eigenvalue weighted by Crippen LogP contribution is -2.37. The number of carbonyl (C=O) groups is 1. The molecule has 0 unspecified atom stereocenters. The zero-order valence-electron chi connectivity index (χ0n) is 14.1. The highest BCUT2D eigenvalue weighted by atomic mass is 35.5. The fraction of sp³-hybridized carbons (Fsp3) is 0.0556. The van der Waals surface area contributed by atoms with Gasteiger partial charge in [-0.25, -0.2) is 9.82 Å². The number of halogens is 2. The molecule has 3 aromatic rings. The van der Waals surface area contributed by atoms with Gasteiger partial charge in [-0.2, -0.15) is 24.2 Å². The van der Waals surface area contributed by atoms with Crippen LogP contribution in [-0.4, -0.2) is 14.3 Å². The van der Waals surface area contributed by atoms with E-state index in [4.69, 9.17) is 11.6 Å². The fourth-order valence-corrected chi connectivity index (χ4v) is 5.47. The number of sulfonamides is 1. The summed E-state index contributed by atoms with van der Waals surface area (Å²) in [5, 5.41) is 5.78. The second kappa shape index (κ2) is 7.17. The van der Waals surface area contributed by atoms with Gasteiger partial charge in [-0.1, -0.05) is 23.7 Å². The number of rotatable bonds is 4. The smallest absolute Gasteiger partial charge is 0.278 e. The average Bonchev–Trinajstić information content (AvgIpc) is 3.32. The Morgan fingerprint density at radius 2 is 2.07 bits per heavy atom. The Kier molecular flexibility index (Phi) is 4.84. The molecule has 10 heteroatoms. The molecule has 0 saturated carbocycles. The van der Waals surface area contributed by atoms with Gasteiger partial charge in [-0.15, -0.1) is 0 Å². The number of anilines is 2. The number of benzene rings is 2. The molecule has 1 aliphatic rings. The number of carbonyl (C=O) groups excluding carboxylic acids is 1. The van der Waals surface area contributed by atoms with E-state index in [0.29, 0.717) is 17.9 Å². The monoisotopic (exact) mass is 437 g/mol. The lowest BCUT2D eigenvalue weighted by molar-refractivity contribution is 0.102. The normalized spacial score (nSPS) is 13.4. The Morgan fingerprint density at radius 3 is 2.79 bits per heavy atom. The zero-order chi connectivity index (χ0) is 19.9. The van der Waals surface area contributed by atoms with Crippen LogP contribution < -0.4 is 15.2 Å². The van der Waals surface area contributed by atoms with Crippen LogP contribution in [0.4, 0.5) is 15.8 Å². The molecule has 1 amide bonds. The van der Waals surface area contributed by atoms with Crippen molar-refractivity contribution in [3.8, 4) is 0 Å². The molecule has 0 fully saturated rings. The van der Waals surface area contributed by atoms with E-state index in [-0.39, 0.29) is 15.5 Å². The summed E-state index contributed by atoms with van der Waals surface area (Å²) in [4.78, 5) is 12.6. The first kappa shape index (κ1) is 18.9. The predicted octanol–water partition coefficient (Wildman–Crippen LogP) is 4.01. The maximum atomic E-state index is 14.0. The number of hydrazine groups is 1. The van der Waals surface area contributed by atoms with Gasteiger partial charge in [0.2, 0.25) is 0 Å². The molecule has 6 nitrogen and oxygen atoms in total.